The van der Waals surface area contributed by atoms with Crippen molar-refractivity contribution in [3.05, 3.63) is 46.6 Å². The van der Waals surface area contributed by atoms with Crippen LogP contribution in [0.4, 0.5) is 11.5 Å². The Morgan fingerprint density at radius 1 is 1.22 bits per heavy atom. The number of nitrogens with zero attached hydrogens (tertiary/aromatic N) is 4. The second kappa shape index (κ2) is 7.84. The Hall–Kier alpha value is -2.79. The Bertz CT molecular complexity index is 938. The topological polar surface area (TPSA) is 127 Å². The van der Waals surface area contributed by atoms with Crippen LogP contribution in [0.1, 0.15) is 19.3 Å². The van der Waals surface area contributed by atoms with Gasteiger partial charge in [0.2, 0.25) is 15.9 Å². The number of anilines is 1. The van der Waals surface area contributed by atoms with Crippen molar-refractivity contribution in [2.24, 2.45) is 0 Å². The number of hydrogen-bond donors (Lipinski definition) is 1. The van der Waals surface area contributed by atoms with E-state index in [0.717, 1.165) is 6.42 Å². The third kappa shape index (κ3) is 4.49. The van der Waals surface area contributed by atoms with Crippen molar-refractivity contribution in [3.63, 3.8) is 0 Å². The van der Waals surface area contributed by atoms with Crippen LogP contribution in [0, 0.1) is 10.1 Å². The molecule has 0 aliphatic carbocycles. The summed E-state index contributed by atoms with van der Waals surface area (Å²) in [6, 6.07) is 7.48. The number of sulfonamides is 1. The lowest BCUT2D eigenvalue weighted by Gasteiger charge is -2.16. The monoisotopic (exact) mass is 393 g/mol. The Labute approximate surface area is 156 Å². The number of carbonyl (C=O) groups is 1. The van der Waals surface area contributed by atoms with Crippen LogP contribution in [0.15, 0.2) is 41.4 Å². The predicted molar refractivity (Wildman–Crippen MR) is 96.7 cm³/mol. The Morgan fingerprint density at radius 2 is 1.96 bits per heavy atom. The van der Waals surface area contributed by atoms with Crippen LogP contribution in [0.25, 0.3) is 0 Å². The molecule has 0 atom stereocenters. The van der Waals surface area contributed by atoms with E-state index in [4.69, 9.17) is 0 Å². The van der Waals surface area contributed by atoms with Crippen LogP contribution >= 0.6 is 0 Å². The number of hydrogen-bond acceptors (Lipinski definition) is 6. The molecule has 1 aromatic heterocycles. The van der Waals surface area contributed by atoms with Crippen molar-refractivity contribution in [1.29, 1.82) is 0 Å². The van der Waals surface area contributed by atoms with E-state index >= 15 is 0 Å². The van der Waals surface area contributed by atoms with Crippen LogP contribution in [0.2, 0.25) is 0 Å². The first-order chi connectivity index (χ1) is 12.9. The molecule has 1 N–H and O–H groups in total. The number of amides is 1. The second-order valence-corrected chi connectivity index (χ2v) is 7.86. The SMILES string of the molecule is O=C1CCCN1c1ccc(S(=O)(=O)NCCCn2ccc([N+](=O)[O-])n2)cc1. The summed E-state index contributed by atoms with van der Waals surface area (Å²) >= 11 is 0. The van der Waals surface area contributed by atoms with E-state index in [0.29, 0.717) is 31.6 Å². The van der Waals surface area contributed by atoms with Gasteiger partial charge in [-0.05, 0) is 42.0 Å². The molecule has 1 fully saturated rings. The minimum Gasteiger partial charge on any atom is -0.358 e. The van der Waals surface area contributed by atoms with Crippen molar-refractivity contribution in [2.45, 2.75) is 30.7 Å². The molecular formula is C16H19N5O5S. The van der Waals surface area contributed by atoms with Crippen LogP contribution in [-0.4, -0.2) is 42.1 Å². The van der Waals surface area contributed by atoms with Gasteiger partial charge in [-0.25, -0.2) is 13.1 Å². The first kappa shape index (κ1) is 19.0. The average Bonchev–Trinajstić information content (AvgIpc) is 3.28. The van der Waals surface area contributed by atoms with Crippen LogP contribution in [0.3, 0.4) is 0 Å². The van der Waals surface area contributed by atoms with Gasteiger partial charge in [-0.2, -0.15) is 4.68 Å². The number of carbonyl (C=O) groups excluding carboxylic acids is 1. The third-order valence-electron chi connectivity index (χ3n) is 4.20. The molecule has 1 saturated heterocycles. The fourth-order valence-electron chi connectivity index (χ4n) is 2.83. The van der Waals surface area contributed by atoms with E-state index in [2.05, 4.69) is 9.82 Å². The van der Waals surface area contributed by atoms with Crippen molar-refractivity contribution in [3.8, 4) is 0 Å². The molecule has 2 heterocycles. The van der Waals surface area contributed by atoms with Crippen molar-refractivity contribution >= 4 is 27.4 Å². The summed E-state index contributed by atoms with van der Waals surface area (Å²) in [6.45, 7) is 1.17. The van der Waals surface area contributed by atoms with E-state index in [-0.39, 0.29) is 23.2 Å². The molecule has 2 aromatic rings. The normalized spacial score (nSPS) is 14.7. The molecule has 0 spiro atoms. The highest BCUT2D eigenvalue weighted by Gasteiger charge is 2.22. The van der Waals surface area contributed by atoms with Gasteiger partial charge < -0.3 is 15.0 Å². The van der Waals surface area contributed by atoms with Gasteiger partial charge in [-0.1, -0.05) is 0 Å². The standard InChI is InChI=1S/C16H19N5O5S/c22-16-3-1-11-20(16)13-4-6-14(7-5-13)27(25,26)17-9-2-10-19-12-8-15(18-19)21(23)24/h4-8,12,17H,1-3,9-11H2. The zero-order chi connectivity index (χ0) is 19.4. The van der Waals surface area contributed by atoms with Gasteiger partial charge in [0.15, 0.2) is 0 Å². The summed E-state index contributed by atoms with van der Waals surface area (Å²) in [6.07, 6.45) is 3.23. The number of nitro groups is 1. The van der Waals surface area contributed by atoms with Gasteiger partial charge in [0.1, 0.15) is 0 Å². The largest absolute Gasteiger partial charge is 0.389 e. The van der Waals surface area contributed by atoms with Gasteiger partial charge >= 0.3 is 5.82 Å². The van der Waals surface area contributed by atoms with E-state index in [9.17, 15) is 23.3 Å². The third-order valence-corrected chi connectivity index (χ3v) is 5.68. The van der Waals surface area contributed by atoms with Crippen LogP contribution in [-0.2, 0) is 21.4 Å². The molecule has 27 heavy (non-hydrogen) atoms. The molecular weight excluding hydrogens is 374 g/mol. The second-order valence-electron chi connectivity index (χ2n) is 6.09. The number of benzene rings is 1. The predicted octanol–water partition coefficient (Wildman–Crippen LogP) is 1.29. The lowest BCUT2D eigenvalue weighted by atomic mass is 10.3. The molecule has 0 unspecified atom stereocenters. The summed E-state index contributed by atoms with van der Waals surface area (Å²) in [5.74, 6) is -0.199. The fourth-order valence-corrected chi connectivity index (χ4v) is 3.90. The Morgan fingerprint density at radius 3 is 2.56 bits per heavy atom. The van der Waals surface area contributed by atoms with Crippen molar-refractivity contribution in [1.82, 2.24) is 14.5 Å². The molecule has 144 valence electrons. The maximum absolute atomic E-state index is 12.3. The quantitative estimate of drug-likeness (QED) is 0.409. The minimum absolute atomic E-state index is 0.0441. The van der Waals surface area contributed by atoms with E-state index in [1.54, 1.807) is 17.0 Å². The number of aryl methyl sites for hydroxylation is 1. The fraction of sp³-hybridized carbons (Fsp3) is 0.375. The van der Waals surface area contributed by atoms with E-state index in [1.807, 2.05) is 0 Å². The molecule has 1 amide bonds. The highest BCUT2D eigenvalue weighted by atomic mass is 32.2. The molecule has 1 aliphatic heterocycles. The molecule has 10 nitrogen and oxygen atoms in total. The average molecular weight is 393 g/mol. The molecule has 0 radical (unpaired) electrons. The summed E-state index contributed by atoms with van der Waals surface area (Å²) in [5, 5.41) is 14.3. The van der Waals surface area contributed by atoms with Crippen LogP contribution < -0.4 is 9.62 Å². The maximum Gasteiger partial charge on any atom is 0.389 e. The van der Waals surface area contributed by atoms with Crippen molar-refractivity contribution in [2.75, 3.05) is 18.0 Å². The molecule has 0 bridgehead atoms. The van der Waals surface area contributed by atoms with Gasteiger partial charge in [-0.3, -0.25) is 4.79 Å². The van der Waals surface area contributed by atoms with Gasteiger partial charge in [0.25, 0.3) is 0 Å². The highest BCUT2D eigenvalue weighted by Crippen LogP contribution is 2.22. The van der Waals surface area contributed by atoms with Gasteiger partial charge in [-0.15, -0.1) is 0 Å². The zero-order valence-corrected chi connectivity index (χ0v) is 15.3. The number of nitrogens with one attached hydrogen (secondary N) is 1. The van der Waals surface area contributed by atoms with Gasteiger partial charge in [0.05, 0.1) is 28.8 Å². The summed E-state index contributed by atoms with van der Waals surface area (Å²) in [7, 11) is -3.67. The lowest BCUT2D eigenvalue weighted by molar-refractivity contribution is -0.389. The molecule has 1 aliphatic rings. The maximum atomic E-state index is 12.3. The molecule has 3 rings (SSSR count). The van der Waals surface area contributed by atoms with Crippen molar-refractivity contribution < 1.29 is 18.1 Å². The zero-order valence-electron chi connectivity index (χ0n) is 14.4. The Balaban J connectivity index is 1.53. The molecule has 11 heteroatoms. The summed E-state index contributed by atoms with van der Waals surface area (Å²) in [4.78, 5) is 23.5. The smallest absolute Gasteiger partial charge is 0.358 e. The van der Waals surface area contributed by atoms with E-state index in [1.165, 1.54) is 29.1 Å². The van der Waals surface area contributed by atoms with Crippen LogP contribution in [0.5, 0.6) is 0 Å². The first-order valence-corrected chi connectivity index (χ1v) is 9.93. The molecule has 0 saturated carbocycles. The number of rotatable bonds is 8. The summed E-state index contributed by atoms with van der Waals surface area (Å²) < 4.78 is 28.5. The minimum atomic E-state index is -3.67. The first-order valence-electron chi connectivity index (χ1n) is 8.45. The summed E-state index contributed by atoms with van der Waals surface area (Å²) in [5.41, 5.74) is 0.691. The highest BCUT2D eigenvalue weighted by molar-refractivity contribution is 7.89. The van der Waals surface area contributed by atoms with Gasteiger partial charge in [0, 0.05) is 25.2 Å². The molecule has 1 aromatic carbocycles. The lowest BCUT2D eigenvalue weighted by Crippen LogP contribution is -2.26. The Kier molecular flexibility index (Phi) is 5.51. The number of aromatic nitrogens is 2. The van der Waals surface area contributed by atoms with E-state index < -0.39 is 14.9 Å².